The maximum atomic E-state index is 10.5. The number of carbonyl (C=O) groups is 1. The Kier molecular flexibility index (Phi) is 3.98. The molecule has 0 atom stereocenters. The minimum absolute atomic E-state index is 0.204. The smallest absolute Gasteiger partial charge is 0.321 e. The average Bonchev–Trinajstić information content (AvgIpc) is 2.40. The summed E-state index contributed by atoms with van der Waals surface area (Å²) in [7, 11) is 1.63. The van der Waals surface area contributed by atoms with Crippen LogP contribution in [0.1, 0.15) is 15.9 Å². The number of hydrogen-bond acceptors (Lipinski definition) is 5. The molecule has 1 aromatic carbocycles. The van der Waals surface area contributed by atoms with Crippen molar-refractivity contribution >= 4 is 6.29 Å². The largest absolute Gasteiger partial charge is 0.424 e. The highest BCUT2D eigenvalue weighted by molar-refractivity contribution is 5.73. The van der Waals surface area contributed by atoms with Gasteiger partial charge in [0, 0.05) is 19.5 Å². The molecule has 0 unspecified atom stereocenters. The molecule has 0 spiro atoms. The lowest BCUT2D eigenvalue weighted by atomic mass is 10.2. The zero-order chi connectivity index (χ0) is 12.8. The second-order valence-electron chi connectivity index (χ2n) is 3.60. The molecule has 1 aromatic heterocycles. The molecule has 0 aliphatic rings. The number of ether oxygens (including phenoxy) is 2. The predicted molar refractivity (Wildman–Crippen MR) is 64.6 cm³/mol. The molecule has 92 valence electrons. The van der Waals surface area contributed by atoms with Gasteiger partial charge in [-0.1, -0.05) is 12.1 Å². The zero-order valence-corrected chi connectivity index (χ0v) is 9.87. The van der Waals surface area contributed by atoms with Crippen molar-refractivity contribution in [2.75, 3.05) is 7.11 Å². The molecule has 0 aliphatic carbocycles. The molecule has 0 aliphatic heterocycles. The van der Waals surface area contributed by atoms with Crippen molar-refractivity contribution in [2.24, 2.45) is 0 Å². The molecular weight excluding hydrogens is 232 g/mol. The van der Waals surface area contributed by atoms with E-state index in [9.17, 15) is 4.79 Å². The van der Waals surface area contributed by atoms with Crippen molar-refractivity contribution in [3.05, 3.63) is 47.8 Å². The number of hydrogen-bond donors (Lipinski definition) is 0. The van der Waals surface area contributed by atoms with Gasteiger partial charge in [0.1, 0.15) is 5.75 Å². The Morgan fingerprint density at radius 3 is 2.72 bits per heavy atom. The monoisotopic (exact) mass is 244 g/mol. The lowest BCUT2D eigenvalue weighted by Crippen LogP contribution is -1.94. The van der Waals surface area contributed by atoms with E-state index >= 15 is 0 Å². The molecule has 5 nitrogen and oxygen atoms in total. The summed E-state index contributed by atoms with van der Waals surface area (Å²) in [6.07, 6.45) is 3.51. The fourth-order valence-corrected chi connectivity index (χ4v) is 1.41. The number of benzene rings is 1. The third kappa shape index (κ3) is 3.11. The van der Waals surface area contributed by atoms with Gasteiger partial charge in [-0.05, 0) is 17.7 Å². The van der Waals surface area contributed by atoms with Crippen molar-refractivity contribution in [3.8, 4) is 11.8 Å². The highest BCUT2D eigenvalue weighted by Crippen LogP contribution is 2.19. The third-order valence-electron chi connectivity index (χ3n) is 2.20. The van der Waals surface area contributed by atoms with Crippen LogP contribution in [0.4, 0.5) is 0 Å². The van der Waals surface area contributed by atoms with Crippen LogP contribution in [0.3, 0.4) is 0 Å². The van der Waals surface area contributed by atoms with E-state index < -0.39 is 0 Å². The van der Waals surface area contributed by atoms with Crippen molar-refractivity contribution in [2.45, 2.75) is 6.61 Å². The second kappa shape index (κ2) is 5.88. The Hall–Kier alpha value is -2.27. The van der Waals surface area contributed by atoms with Gasteiger partial charge in [-0.2, -0.15) is 0 Å². The van der Waals surface area contributed by atoms with Crippen molar-refractivity contribution < 1.29 is 14.3 Å². The highest BCUT2D eigenvalue weighted by Gasteiger charge is 2.01. The second-order valence-corrected chi connectivity index (χ2v) is 3.60. The number of nitrogens with zero attached hydrogens (tertiary/aromatic N) is 2. The number of carbonyl (C=O) groups excluding carboxylic acids is 1. The summed E-state index contributed by atoms with van der Waals surface area (Å²) in [5, 5.41) is 0. The lowest BCUT2D eigenvalue weighted by Gasteiger charge is -2.05. The van der Waals surface area contributed by atoms with E-state index in [1.165, 1.54) is 12.4 Å². The minimum Gasteiger partial charge on any atom is -0.424 e. The molecule has 2 rings (SSSR count). The van der Waals surface area contributed by atoms with Crippen LogP contribution in [0.15, 0.2) is 36.7 Å². The van der Waals surface area contributed by atoms with Crippen LogP contribution in [0, 0.1) is 0 Å². The van der Waals surface area contributed by atoms with Gasteiger partial charge in [-0.3, -0.25) is 4.79 Å². The average molecular weight is 244 g/mol. The van der Waals surface area contributed by atoms with Gasteiger partial charge in [-0.25, -0.2) is 9.97 Å². The molecule has 2 aromatic rings. The van der Waals surface area contributed by atoms with E-state index in [-0.39, 0.29) is 6.01 Å². The highest BCUT2D eigenvalue weighted by atomic mass is 16.5. The van der Waals surface area contributed by atoms with Gasteiger partial charge in [0.15, 0.2) is 6.29 Å². The number of aromatic nitrogens is 2. The first-order valence-corrected chi connectivity index (χ1v) is 5.35. The van der Waals surface area contributed by atoms with E-state index in [1.54, 1.807) is 13.2 Å². The van der Waals surface area contributed by atoms with E-state index in [4.69, 9.17) is 9.47 Å². The number of methoxy groups -OCH3 is 1. The van der Waals surface area contributed by atoms with Crippen LogP contribution in [0.2, 0.25) is 0 Å². The normalized spacial score (nSPS) is 10.1. The Balaban J connectivity index is 2.12. The Morgan fingerprint density at radius 1 is 1.28 bits per heavy atom. The van der Waals surface area contributed by atoms with Crippen LogP contribution < -0.4 is 4.74 Å². The summed E-state index contributed by atoms with van der Waals surface area (Å²) in [4.78, 5) is 18.3. The molecule has 0 saturated heterocycles. The molecule has 0 saturated carbocycles. The van der Waals surface area contributed by atoms with E-state index in [0.29, 0.717) is 24.2 Å². The van der Waals surface area contributed by atoms with Crippen LogP contribution in [0.25, 0.3) is 0 Å². The summed E-state index contributed by atoms with van der Waals surface area (Å²) in [5.74, 6) is 0.628. The fraction of sp³-hybridized carbons (Fsp3) is 0.154. The lowest BCUT2D eigenvalue weighted by molar-refractivity contribution is 0.112. The van der Waals surface area contributed by atoms with Crippen molar-refractivity contribution in [3.63, 3.8) is 0 Å². The Labute approximate surface area is 104 Å². The van der Waals surface area contributed by atoms with Crippen LogP contribution >= 0.6 is 0 Å². The van der Waals surface area contributed by atoms with E-state index in [1.807, 2.05) is 18.2 Å². The van der Waals surface area contributed by atoms with Gasteiger partial charge in [0.2, 0.25) is 0 Å². The van der Waals surface area contributed by atoms with Crippen molar-refractivity contribution in [1.29, 1.82) is 0 Å². The summed E-state index contributed by atoms with van der Waals surface area (Å²) in [5.41, 5.74) is 1.41. The Bertz CT molecular complexity index is 526. The van der Waals surface area contributed by atoms with Crippen LogP contribution in [-0.2, 0) is 11.3 Å². The molecule has 0 N–H and O–H groups in total. The van der Waals surface area contributed by atoms with Crippen LogP contribution in [0.5, 0.6) is 11.8 Å². The van der Waals surface area contributed by atoms with E-state index in [0.717, 1.165) is 5.56 Å². The quantitative estimate of drug-likeness (QED) is 0.755. The first-order valence-electron chi connectivity index (χ1n) is 5.35. The van der Waals surface area contributed by atoms with Gasteiger partial charge >= 0.3 is 6.01 Å². The summed E-state index contributed by atoms with van der Waals surface area (Å²) >= 11 is 0. The predicted octanol–water partition coefficient (Wildman–Crippen LogP) is 2.23. The number of aldehydes is 1. The van der Waals surface area contributed by atoms with E-state index in [2.05, 4.69) is 9.97 Å². The molecule has 0 fully saturated rings. The van der Waals surface area contributed by atoms with Crippen molar-refractivity contribution in [1.82, 2.24) is 9.97 Å². The van der Waals surface area contributed by atoms with Gasteiger partial charge < -0.3 is 9.47 Å². The molecule has 0 radical (unpaired) electrons. The minimum atomic E-state index is 0.204. The summed E-state index contributed by atoms with van der Waals surface area (Å²) in [6.45, 7) is 0.516. The first kappa shape index (κ1) is 12.2. The fourth-order valence-electron chi connectivity index (χ4n) is 1.41. The first-order chi connectivity index (χ1) is 8.81. The molecule has 0 amide bonds. The van der Waals surface area contributed by atoms with Gasteiger partial charge in [0.05, 0.1) is 12.2 Å². The van der Waals surface area contributed by atoms with Gasteiger partial charge in [0.25, 0.3) is 0 Å². The zero-order valence-electron chi connectivity index (χ0n) is 9.87. The number of rotatable bonds is 5. The standard InChI is InChI=1S/C13H12N2O3/c1-17-9-10-3-2-4-12(5-10)18-13-14-6-11(8-16)7-15-13/h2-8H,9H2,1H3. The SMILES string of the molecule is COCc1cccc(Oc2ncc(C=O)cn2)c1. The molecule has 0 bridgehead atoms. The molecule has 1 heterocycles. The maximum Gasteiger partial charge on any atom is 0.321 e. The maximum absolute atomic E-state index is 10.5. The Morgan fingerprint density at radius 2 is 2.06 bits per heavy atom. The molecule has 18 heavy (non-hydrogen) atoms. The van der Waals surface area contributed by atoms with Gasteiger partial charge in [-0.15, -0.1) is 0 Å². The topological polar surface area (TPSA) is 61.3 Å². The summed E-state index contributed by atoms with van der Waals surface area (Å²) < 4.78 is 10.5. The third-order valence-corrected chi connectivity index (χ3v) is 2.20. The molecule has 5 heteroatoms. The van der Waals surface area contributed by atoms with Crippen LogP contribution in [-0.4, -0.2) is 23.4 Å². The molecular formula is C13H12N2O3. The summed E-state index contributed by atoms with van der Waals surface area (Å²) in [6, 6.07) is 7.66.